The summed E-state index contributed by atoms with van der Waals surface area (Å²) >= 11 is 7.17. The van der Waals surface area contributed by atoms with Crippen LogP contribution in [0.1, 0.15) is 4.88 Å². The molecule has 0 saturated carbocycles. The van der Waals surface area contributed by atoms with Gasteiger partial charge in [-0.15, -0.1) is 0 Å². The Morgan fingerprint density at radius 1 is 1.47 bits per heavy atom. The van der Waals surface area contributed by atoms with Crippen molar-refractivity contribution in [3.63, 3.8) is 0 Å². The number of halogens is 1. The SMILES string of the molecule is Cc1cnc(Oc2cc(N)cc(Cl)n2)s1. The molecule has 2 heterocycles. The predicted octanol–water partition coefficient (Wildman–Crippen LogP) is 2.87. The number of pyridine rings is 1. The fourth-order valence-corrected chi connectivity index (χ4v) is 1.84. The fourth-order valence-electron chi connectivity index (χ4n) is 1.01. The zero-order chi connectivity index (χ0) is 10.8. The Kier molecular flexibility index (Phi) is 2.75. The van der Waals surface area contributed by atoms with E-state index < -0.39 is 0 Å². The molecule has 0 aliphatic rings. The third kappa shape index (κ3) is 2.57. The molecular formula is C9H8ClN3OS. The van der Waals surface area contributed by atoms with Gasteiger partial charge < -0.3 is 10.5 Å². The molecule has 6 heteroatoms. The van der Waals surface area contributed by atoms with Crippen LogP contribution in [0.4, 0.5) is 5.69 Å². The highest BCUT2D eigenvalue weighted by Crippen LogP contribution is 2.26. The lowest BCUT2D eigenvalue weighted by Crippen LogP contribution is -1.91. The lowest BCUT2D eigenvalue weighted by molar-refractivity contribution is 0.460. The van der Waals surface area contributed by atoms with Gasteiger partial charge in [-0.2, -0.15) is 0 Å². The number of hydrogen-bond acceptors (Lipinski definition) is 5. The number of nitrogen functional groups attached to an aromatic ring is 1. The van der Waals surface area contributed by atoms with Crippen LogP contribution < -0.4 is 10.5 Å². The molecule has 0 atom stereocenters. The van der Waals surface area contributed by atoms with E-state index in [1.807, 2.05) is 6.92 Å². The molecule has 2 aromatic rings. The first-order chi connectivity index (χ1) is 7.13. The number of hydrogen-bond donors (Lipinski definition) is 1. The van der Waals surface area contributed by atoms with Gasteiger partial charge in [0.1, 0.15) is 5.15 Å². The summed E-state index contributed by atoms with van der Waals surface area (Å²) in [7, 11) is 0. The number of rotatable bonds is 2. The average molecular weight is 242 g/mol. The summed E-state index contributed by atoms with van der Waals surface area (Å²) in [5.41, 5.74) is 6.11. The van der Waals surface area contributed by atoms with Crippen molar-refractivity contribution >= 4 is 28.6 Å². The minimum atomic E-state index is 0.304. The van der Waals surface area contributed by atoms with E-state index in [1.54, 1.807) is 18.3 Å². The third-order valence-corrected chi connectivity index (χ3v) is 2.57. The Hall–Kier alpha value is -1.33. The van der Waals surface area contributed by atoms with Gasteiger partial charge in [-0.05, 0) is 13.0 Å². The molecule has 2 aromatic heterocycles. The number of aryl methyl sites for hydroxylation is 1. The van der Waals surface area contributed by atoms with Gasteiger partial charge in [-0.25, -0.2) is 9.97 Å². The maximum absolute atomic E-state index is 5.73. The van der Waals surface area contributed by atoms with Gasteiger partial charge >= 0.3 is 0 Å². The predicted molar refractivity (Wildman–Crippen MR) is 60.6 cm³/mol. The highest BCUT2D eigenvalue weighted by Gasteiger charge is 2.04. The monoisotopic (exact) mass is 241 g/mol. The minimum absolute atomic E-state index is 0.304. The molecule has 0 fully saturated rings. The van der Waals surface area contributed by atoms with E-state index in [-0.39, 0.29) is 0 Å². The van der Waals surface area contributed by atoms with E-state index in [9.17, 15) is 0 Å². The van der Waals surface area contributed by atoms with Crippen molar-refractivity contribution in [1.82, 2.24) is 9.97 Å². The molecule has 78 valence electrons. The second-order valence-electron chi connectivity index (χ2n) is 2.90. The van der Waals surface area contributed by atoms with Gasteiger partial charge in [0, 0.05) is 22.8 Å². The van der Waals surface area contributed by atoms with Crippen molar-refractivity contribution in [1.29, 1.82) is 0 Å². The molecule has 0 aliphatic heterocycles. The van der Waals surface area contributed by atoms with E-state index in [4.69, 9.17) is 22.1 Å². The summed E-state index contributed by atoms with van der Waals surface area (Å²) in [6.07, 6.45) is 1.73. The topological polar surface area (TPSA) is 61.0 Å². The van der Waals surface area contributed by atoms with Crippen LogP contribution in [0, 0.1) is 6.92 Å². The van der Waals surface area contributed by atoms with Crippen LogP contribution in [0.3, 0.4) is 0 Å². The van der Waals surface area contributed by atoms with Gasteiger partial charge in [0.25, 0.3) is 5.19 Å². The zero-order valence-electron chi connectivity index (χ0n) is 7.90. The highest BCUT2D eigenvalue weighted by molar-refractivity contribution is 7.13. The van der Waals surface area contributed by atoms with Crippen LogP contribution in [-0.4, -0.2) is 9.97 Å². The summed E-state index contributed by atoms with van der Waals surface area (Å²) in [5.74, 6) is 0.356. The maximum Gasteiger partial charge on any atom is 0.280 e. The van der Waals surface area contributed by atoms with Crippen LogP contribution in [0.2, 0.25) is 5.15 Å². The van der Waals surface area contributed by atoms with Crippen LogP contribution in [-0.2, 0) is 0 Å². The molecule has 0 spiro atoms. The van der Waals surface area contributed by atoms with Crippen molar-refractivity contribution in [2.24, 2.45) is 0 Å². The molecular weight excluding hydrogens is 234 g/mol. The van der Waals surface area contributed by atoms with Gasteiger partial charge in [0.2, 0.25) is 5.88 Å². The van der Waals surface area contributed by atoms with Crippen LogP contribution in [0.5, 0.6) is 11.1 Å². The Labute approximate surface area is 95.7 Å². The normalized spacial score (nSPS) is 10.3. The van der Waals surface area contributed by atoms with Crippen LogP contribution in [0.15, 0.2) is 18.3 Å². The Morgan fingerprint density at radius 2 is 2.27 bits per heavy atom. The molecule has 4 nitrogen and oxygen atoms in total. The molecule has 0 aliphatic carbocycles. The zero-order valence-corrected chi connectivity index (χ0v) is 9.47. The van der Waals surface area contributed by atoms with Crippen molar-refractivity contribution < 1.29 is 4.74 Å². The Balaban J connectivity index is 2.24. The van der Waals surface area contributed by atoms with Gasteiger partial charge in [0.05, 0.1) is 0 Å². The summed E-state index contributed by atoms with van der Waals surface area (Å²) in [6.45, 7) is 1.95. The van der Waals surface area contributed by atoms with Crippen molar-refractivity contribution in [3.05, 3.63) is 28.4 Å². The Bertz CT molecular complexity index is 466. The molecule has 0 bridgehead atoms. The molecule has 2 N–H and O–H groups in total. The number of anilines is 1. The number of nitrogens with zero attached hydrogens (tertiary/aromatic N) is 2. The lowest BCUT2D eigenvalue weighted by atomic mass is 10.4. The molecule has 0 radical (unpaired) electrons. The number of aromatic nitrogens is 2. The molecule has 15 heavy (non-hydrogen) atoms. The van der Waals surface area contributed by atoms with Crippen molar-refractivity contribution in [2.75, 3.05) is 5.73 Å². The highest BCUT2D eigenvalue weighted by atomic mass is 35.5. The van der Waals surface area contributed by atoms with E-state index in [0.29, 0.717) is 21.9 Å². The summed E-state index contributed by atoms with van der Waals surface area (Å²) in [5, 5.41) is 0.833. The largest absolute Gasteiger partial charge is 0.412 e. The molecule has 2 rings (SSSR count). The second-order valence-corrected chi connectivity index (χ2v) is 4.48. The third-order valence-electron chi connectivity index (χ3n) is 1.58. The lowest BCUT2D eigenvalue weighted by Gasteiger charge is -2.01. The number of nitrogens with two attached hydrogens (primary N) is 1. The van der Waals surface area contributed by atoms with E-state index >= 15 is 0 Å². The van der Waals surface area contributed by atoms with Crippen molar-refractivity contribution in [2.45, 2.75) is 6.92 Å². The summed E-state index contributed by atoms with van der Waals surface area (Å²) in [4.78, 5) is 9.08. The maximum atomic E-state index is 5.73. The molecule has 0 aromatic carbocycles. The van der Waals surface area contributed by atoms with Crippen LogP contribution in [0.25, 0.3) is 0 Å². The van der Waals surface area contributed by atoms with Gasteiger partial charge in [0.15, 0.2) is 0 Å². The van der Waals surface area contributed by atoms with E-state index in [0.717, 1.165) is 4.88 Å². The smallest absolute Gasteiger partial charge is 0.280 e. The number of thiazole rings is 1. The van der Waals surface area contributed by atoms with Gasteiger partial charge in [-0.1, -0.05) is 22.9 Å². The van der Waals surface area contributed by atoms with Crippen LogP contribution >= 0.6 is 22.9 Å². The first kappa shape index (κ1) is 10.2. The fraction of sp³-hybridized carbons (Fsp3) is 0.111. The van der Waals surface area contributed by atoms with Gasteiger partial charge in [-0.3, -0.25) is 0 Å². The average Bonchev–Trinajstić information content (AvgIpc) is 2.49. The number of ether oxygens (including phenoxy) is 1. The quantitative estimate of drug-likeness (QED) is 0.822. The van der Waals surface area contributed by atoms with Crippen molar-refractivity contribution in [3.8, 4) is 11.1 Å². The standard InChI is InChI=1S/C9H8ClN3OS/c1-5-4-12-9(15-5)14-8-3-6(11)2-7(10)13-8/h2-4H,1H3,(H2,11,13). The second kappa shape index (κ2) is 4.04. The Morgan fingerprint density at radius 3 is 2.87 bits per heavy atom. The molecule has 0 amide bonds. The molecule has 0 saturated heterocycles. The summed E-state index contributed by atoms with van der Waals surface area (Å²) < 4.78 is 5.39. The van der Waals surface area contributed by atoms with E-state index in [1.165, 1.54) is 11.3 Å². The molecule has 0 unspecified atom stereocenters. The summed E-state index contributed by atoms with van der Waals surface area (Å²) in [6, 6.07) is 3.16. The minimum Gasteiger partial charge on any atom is -0.412 e. The first-order valence-electron chi connectivity index (χ1n) is 4.17. The van der Waals surface area contributed by atoms with E-state index in [2.05, 4.69) is 9.97 Å². The first-order valence-corrected chi connectivity index (χ1v) is 5.36.